The maximum atomic E-state index is 12.5. The second-order valence-corrected chi connectivity index (χ2v) is 11.5. The molecule has 0 atom stereocenters. The molecule has 46 heavy (non-hydrogen) atoms. The zero-order valence-electron chi connectivity index (χ0n) is 25.4. The highest BCUT2D eigenvalue weighted by atomic mass is 16.1. The predicted molar refractivity (Wildman–Crippen MR) is 186 cm³/mol. The normalized spacial score (nSPS) is 11.3. The molecule has 0 aliphatic heterocycles. The largest absolute Gasteiger partial charge is 0.328 e. The van der Waals surface area contributed by atoms with Crippen molar-refractivity contribution < 1.29 is 0 Å². The lowest BCUT2D eigenvalue weighted by molar-refractivity contribution is 0.795. The number of rotatable bonds is 5. The molecule has 0 N–H and O–H groups in total. The first-order valence-electron chi connectivity index (χ1n) is 15.2. The van der Waals surface area contributed by atoms with E-state index in [9.17, 15) is 4.79 Å². The van der Waals surface area contributed by atoms with Gasteiger partial charge in [-0.3, -0.25) is 9.13 Å². The molecule has 0 saturated carbocycles. The Hall–Kier alpha value is -6.14. The number of benzene rings is 6. The summed E-state index contributed by atoms with van der Waals surface area (Å²) >= 11 is 0. The van der Waals surface area contributed by atoms with Crippen LogP contribution in [0.2, 0.25) is 0 Å². The zero-order chi connectivity index (χ0) is 31.2. The minimum absolute atomic E-state index is 0.0453. The van der Waals surface area contributed by atoms with Crippen molar-refractivity contribution in [3.8, 4) is 56.4 Å². The van der Waals surface area contributed by atoms with Gasteiger partial charge in [-0.05, 0) is 57.3 Å². The average Bonchev–Trinajstić information content (AvgIpc) is 3.34. The summed E-state index contributed by atoms with van der Waals surface area (Å²) in [5.41, 5.74) is 8.64. The molecular weight excluding hydrogens is 566 g/mol. The second-order valence-electron chi connectivity index (χ2n) is 11.5. The molecule has 8 rings (SSSR count). The van der Waals surface area contributed by atoms with E-state index in [0.29, 0.717) is 17.5 Å². The number of hydrogen-bond acceptors (Lipinski definition) is 4. The summed E-state index contributed by atoms with van der Waals surface area (Å²) in [6.45, 7) is 0. The molecule has 0 spiro atoms. The standard InChI is InChI=1S/C40H29N5O/c1-44-35-22-21-30(25-36(35)45(2)40(44)46)29-15-10-16-32(24-29)38-41-37(27-12-4-3-5-13-27)42-39(43-38)34-18-9-8-17-33(34)31-20-19-26-11-6-7-14-28(26)23-31/h3-25H,1-2H3. The first-order valence-corrected chi connectivity index (χ1v) is 15.2. The molecule has 6 nitrogen and oxygen atoms in total. The van der Waals surface area contributed by atoms with E-state index >= 15 is 0 Å². The van der Waals surface area contributed by atoms with E-state index in [1.165, 1.54) is 10.8 Å². The summed E-state index contributed by atoms with van der Waals surface area (Å²) in [6.07, 6.45) is 0. The number of nitrogens with zero attached hydrogens (tertiary/aromatic N) is 5. The summed E-state index contributed by atoms with van der Waals surface area (Å²) in [4.78, 5) is 27.7. The van der Waals surface area contributed by atoms with Gasteiger partial charge < -0.3 is 0 Å². The van der Waals surface area contributed by atoms with Crippen LogP contribution in [0.4, 0.5) is 0 Å². The van der Waals surface area contributed by atoms with Crippen molar-refractivity contribution in [3.63, 3.8) is 0 Å². The first kappa shape index (κ1) is 27.4. The van der Waals surface area contributed by atoms with E-state index in [1.54, 1.807) is 23.2 Å². The quantitative estimate of drug-likeness (QED) is 0.200. The van der Waals surface area contributed by atoms with E-state index in [2.05, 4.69) is 84.9 Å². The van der Waals surface area contributed by atoms with Crippen LogP contribution in [0, 0.1) is 0 Å². The van der Waals surface area contributed by atoms with E-state index in [4.69, 9.17) is 15.0 Å². The van der Waals surface area contributed by atoms with Crippen molar-refractivity contribution >= 4 is 21.8 Å². The number of aromatic nitrogens is 5. The fourth-order valence-corrected chi connectivity index (χ4v) is 6.15. The Morgan fingerprint density at radius 3 is 1.83 bits per heavy atom. The maximum absolute atomic E-state index is 12.5. The molecule has 0 saturated heterocycles. The van der Waals surface area contributed by atoms with Gasteiger partial charge in [-0.15, -0.1) is 0 Å². The van der Waals surface area contributed by atoms with Crippen LogP contribution in [-0.2, 0) is 14.1 Å². The molecule has 2 heterocycles. The van der Waals surface area contributed by atoms with E-state index in [0.717, 1.165) is 50.0 Å². The topological polar surface area (TPSA) is 65.6 Å². The lowest BCUT2D eigenvalue weighted by atomic mass is 9.96. The van der Waals surface area contributed by atoms with Crippen LogP contribution in [0.3, 0.4) is 0 Å². The molecule has 0 amide bonds. The van der Waals surface area contributed by atoms with Crippen LogP contribution < -0.4 is 5.69 Å². The number of imidazole rings is 1. The van der Waals surface area contributed by atoms with E-state index < -0.39 is 0 Å². The summed E-state index contributed by atoms with van der Waals surface area (Å²) in [7, 11) is 3.60. The highest BCUT2D eigenvalue weighted by Gasteiger charge is 2.17. The first-order chi connectivity index (χ1) is 22.5. The Morgan fingerprint density at radius 1 is 0.413 bits per heavy atom. The van der Waals surface area contributed by atoms with E-state index in [1.807, 2.05) is 54.6 Å². The summed E-state index contributed by atoms with van der Waals surface area (Å²) in [6, 6.07) is 47.6. The molecular formula is C40H29N5O. The van der Waals surface area contributed by atoms with Crippen LogP contribution in [0.25, 0.3) is 78.2 Å². The lowest BCUT2D eigenvalue weighted by Gasteiger charge is -2.13. The van der Waals surface area contributed by atoms with Crippen molar-refractivity contribution in [2.75, 3.05) is 0 Å². The van der Waals surface area contributed by atoms with E-state index in [-0.39, 0.29) is 5.69 Å². The fourth-order valence-electron chi connectivity index (χ4n) is 6.15. The third kappa shape index (κ3) is 4.77. The van der Waals surface area contributed by atoms with Gasteiger partial charge in [0.2, 0.25) is 0 Å². The van der Waals surface area contributed by atoms with Gasteiger partial charge in [0.15, 0.2) is 17.5 Å². The summed E-state index contributed by atoms with van der Waals surface area (Å²) in [5, 5.41) is 2.38. The molecule has 0 fully saturated rings. The van der Waals surface area contributed by atoms with Gasteiger partial charge in [-0.25, -0.2) is 19.7 Å². The third-order valence-corrected chi connectivity index (χ3v) is 8.62. The highest BCUT2D eigenvalue weighted by Crippen LogP contribution is 2.34. The Bertz CT molecular complexity index is 2480. The Kier molecular flexibility index (Phi) is 6.61. The van der Waals surface area contributed by atoms with Crippen molar-refractivity contribution in [1.82, 2.24) is 24.1 Å². The molecule has 6 heteroatoms. The molecule has 0 aliphatic carbocycles. The monoisotopic (exact) mass is 595 g/mol. The van der Waals surface area contributed by atoms with Gasteiger partial charge in [0, 0.05) is 30.8 Å². The smallest absolute Gasteiger partial charge is 0.295 e. The zero-order valence-corrected chi connectivity index (χ0v) is 25.4. The molecule has 8 aromatic rings. The van der Waals surface area contributed by atoms with Gasteiger partial charge in [0.1, 0.15) is 0 Å². The van der Waals surface area contributed by atoms with Gasteiger partial charge >= 0.3 is 5.69 Å². The predicted octanol–water partition coefficient (Wildman–Crippen LogP) is 8.55. The minimum Gasteiger partial charge on any atom is -0.295 e. The van der Waals surface area contributed by atoms with Crippen molar-refractivity contribution in [2.45, 2.75) is 0 Å². The third-order valence-electron chi connectivity index (χ3n) is 8.62. The van der Waals surface area contributed by atoms with Gasteiger partial charge in [-0.1, -0.05) is 115 Å². The van der Waals surface area contributed by atoms with Crippen LogP contribution in [0.1, 0.15) is 0 Å². The SMILES string of the molecule is Cn1c(=O)n(C)c2cc(-c3cccc(-c4nc(-c5ccccc5)nc(-c5ccccc5-c5ccc6ccccc6c5)n4)c3)ccc21. The molecule has 0 unspecified atom stereocenters. The van der Waals surface area contributed by atoms with Crippen molar-refractivity contribution in [3.05, 3.63) is 150 Å². The number of fused-ring (bicyclic) bond motifs is 2. The molecule has 0 aliphatic rings. The second kappa shape index (κ2) is 11.1. The fraction of sp³-hybridized carbons (Fsp3) is 0.0500. The molecule has 0 bridgehead atoms. The molecule has 6 aromatic carbocycles. The van der Waals surface area contributed by atoms with Crippen LogP contribution in [0.5, 0.6) is 0 Å². The molecule has 220 valence electrons. The Balaban J connectivity index is 1.28. The number of hydrogen-bond donors (Lipinski definition) is 0. The maximum Gasteiger partial charge on any atom is 0.328 e. The minimum atomic E-state index is -0.0453. The van der Waals surface area contributed by atoms with Gasteiger partial charge in [0.05, 0.1) is 11.0 Å². The Morgan fingerprint density at radius 2 is 1.00 bits per heavy atom. The van der Waals surface area contributed by atoms with Crippen molar-refractivity contribution in [1.29, 1.82) is 0 Å². The molecule has 2 aromatic heterocycles. The summed E-state index contributed by atoms with van der Waals surface area (Å²) in [5.74, 6) is 1.81. The van der Waals surface area contributed by atoms with Crippen molar-refractivity contribution in [2.24, 2.45) is 14.1 Å². The van der Waals surface area contributed by atoms with Gasteiger partial charge in [0.25, 0.3) is 0 Å². The summed E-state index contributed by atoms with van der Waals surface area (Å²) < 4.78 is 3.35. The van der Waals surface area contributed by atoms with Gasteiger partial charge in [-0.2, -0.15) is 0 Å². The molecule has 0 radical (unpaired) electrons. The van der Waals surface area contributed by atoms with Crippen LogP contribution >= 0.6 is 0 Å². The average molecular weight is 596 g/mol. The lowest BCUT2D eigenvalue weighted by Crippen LogP contribution is -2.19. The Labute approximate surface area is 265 Å². The highest BCUT2D eigenvalue weighted by molar-refractivity contribution is 5.91. The van der Waals surface area contributed by atoms with Crippen LogP contribution in [-0.4, -0.2) is 24.1 Å². The number of aryl methyl sites for hydroxylation is 2. The van der Waals surface area contributed by atoms with Crippen LogP contribution in [0.15, 0.2) is 144 Å².